The van der Waals surface area contributed by atoms with Crippen LogP contribution in [0, 0.1) is 5.82 Å². The van der Waals surface area contributed by atoms with Crippen LogP contribution in [0.15, 0.2) is 48.5 Å². The van der Waals surface area contributed by atoms with Gasteiger partial charge in [-0.1, -0.05) is 24.3 Å². The molecular formula is C18H20ClFN2O3. The summed E-state index contributed by atoms with van der Waals surface area (Å²) in [5.41, 5.74) is 5.55. The van der Waals surface area contributed by atoms with Crippen LogP contribution in [0.2, 0.25) is 0 Å². The fourth-order valence-electron chi connectivity index (χ4n) is 2.60. The number of carbonyl (C=O) groups excluding carboxylic acids is 1. The summed E-state index contributed by atoms with van der Waals surface area (Å²) < 4.78 is 25.4. The Hall–Kier alpha value is -2.15. The molecule has 0 saturated carbocycles. The summed E-state index contributed by atoms with van der Waals surface area (Å²) in [6, 6.07) is 13.4. The fraction of sp³-hybridized carbons (Fsp3) is 0.278. The first-order valence-electron chi connectivity index (χ1n) is 7.85. The molecule has 1 saturated heterocycles. The average molecular weight is 367 g/mol. The van der Waals surface area contributed by atoms with Crippen LogP contribution in [-0.4, -0.2) is 24.7 Å². The third-order valence-corrected chi connectivity index (χ3v) is 3.86. The van der Waals surface area contributed by atoms with E-state index in [2.05, 4.69) is 5.32 Å². The van der Waals surface area contributed by atoms with Gasteiger partial charge in [-0.15, -0.1) is 12.4 Å². The van der Waals surface area contributed by atoms with Crippen molar-refractivity contribution in [2.75, 3.05) is 11.9 Å². The molecule has 1 fully saturated rings. The number of para-hydroxylation sites is 2. The minimum atomic E-state index is -0.622. The van der Waals surface area contributed by atoms with Crippen LogP contribution >= 0.6 is 12.4 Å². The summed E-state index contributed by atoms with van der Waals surface area (Å²) >= 11 is 0. The number of hydrogen-bond donors (Lipinski definition) is 2. The summed E-state index contributed by atoms with van der Waals surface area (Å²) in [6.07, 6.45) is 0.542. The van der Waals surface area contributed by atoms with Crippen LogP contribution in [0.1, 0.15) is 12.8 Å². The first-order valence-corrected chi connectivity index (χ1v) is 7.85. The zero-order valence-corrected chi connectivity index (χ0v) is 14.3. The van der Waals surface area contributed by atoms with Crippen molar-refractivity contribution in [1.29, 1.82) is 0 Å². The van der Waals surface area contributed by atoms with Crippen LogP contribution in [0.3, 0.4) is 0 Å². The molecule has 1 amide bonds. The average Bonchev–Trinajstić information content (AvgIpc) is 3.08. The molecule has 3 N–H and O–H groups in total. The Bertz CT molecular complexity index is 715. The lowest BCUT2D eigenvalue weighted by Crippen LogP contribution is -2.30. The molecule has 0 radical (unpaired) electrons. The predicted molar refractivity (Wildman–Crippen MR) is 95.7 cm³/mol. The van der Waals surface area contributed by atoms with Gasteiger partial charge in [0, 0.05) is 6.54 Å². The Labute approximate surface area is 151 Å². The smallest absolute Gasteiger partial charge is 0.253 e. The predicted octanol–water partition coefficient (Wildman–Crippen LogP) is 3.48. The van der Waals surface area contributed by atoms with Crippen molar-refractivity contribution < 1.29 is 18.7 Å². The molecule has 0 unspecified atom stereocenters. The maximum absolute atomic E-state index is 14.2. The van der Waals surface area contributed by atoms with Crippen molar-refractivity contribution in [2.24, 2.45) is 5.73 Å². The van der Waals surface area contributed by atoms with Crippen molar-refractivity contribution >= 4 is 24.0 Å². The monoisotopic (exact) mass is 366 g/mol. The van der Waals surface area contributed by atoms with Gasteiger partial charge in [-0.25, -0.2) is 4.39 Å². The van der Waals surface area contributed by atoms with Gasteiger partial charge in [-0.2, -0.15) is 0 Å². The van der Waals surface area contributed by atoms with Gasteiger partial charge in [-0.05, 0) is 37.1 Å². The Balaban J connectivity index is 0.00000225. The fourth-order valence-corrected chi connectivity index (χ4v) is 2.60. The standard InChI is InChI=1S/C18H19FN2O3.ClH/c19-14-7-4-8-15(23-12-5-2-1-3-6-12)17(14)21-18(22)16-10-9-13(11-20)24-16;/h1-8,13,16H,9-11,20H2,(H,21,22);1H/t13-,16+;/m1./s1. The van der Waals surface area contributed by atoms with Crippen molar-refractivity contribution in [3.05, 3.63) is 54.3 Å². The lowest BCUT2D eigenvalue weighted by Gasteiger charge is -2.16. The maximum Gasteiger partial charge on any atom is 0.253 e. The van der Waals surface area contributed by atoms with Gasteiger partial charge in [-0.3, -0.25) is 4.79 Å². The van der Waals surface area contributed by atoms with Gasteiger partial charge in [0.05, 0.1) is 6.10 Å². The minimum absolute atomic E-state index is 0. The Morgan fingerprint density at radius 3 is 2.64 bits per heavy atom. The van der Waals surface area contributed by atoms with Gasteiger partial charge in [0.25, 0.3) is 5.91 Å². The lowest BCUT2D eigenvalue weighted by atomic mass is 10.2. The number of hydrogen-bond acceptors (Lipinski definition) is 4. The van der Waals surface area contributed by atoms with E-state index in [-0.39, 0.29) is 29.9 Å². The topological polar surface area (TPSA) is 73.6 Å². The molecule has 0 aliphatic carbocycles. The van der Waals surface area contributed by atoms with Gasteiger partial charge in [0.1, 0.15) is 17.5 Å². The zero-order valence-electron chi connectivity index (χ0n) is 13.5. The molecule has 2 aromatic rings. The summed E-state index contributed by atoms with van der Waals surface area (Å²) in [4.78, 5) is 12.3. The quantitative estimate of drug-likeness (QED) is 0.849. The van der Waals surface area contributed by atoms with Crippen LogP contribution in [-0.2, 0) is 9.53 Å². The molecule has 5 nitrogen and oxygen atoms in total. The number of ether oxygens (including phenoxy) is 2. The van der Waals surface area contributed by atoms with E-state index in [1.54, 1.807) is 18.2 Å². The van der Waals surface area contributed by atoms with Gasteiger partial charge >= 0.3 is 0 Å². The van der Waals surface area contributed by atoms with E-state index < -0.39 is 17.8 Å². The minimum Gasteiger partial charge on any atom is -0.455 e. The second kappa shape index (κ2) is 8.80. The van der Waals surface area contributed by atoms with Crippen LogP contribution in [0.5, 0.6) is 11.5 Å². The number of amides is 1. The molecule has 0 spiro atoms. The van der Waals surface area contributed by atoms with Crippen molar-refractivity contribution in [3.8, 4) is 11.5 Å². The normalized spacial score (nSPS) is 19.1. The van der Waals surface area contributed by atoms with Crippen molar-refractivity contribution in [3.63, 3.8) is 0 Å². The maximum atomic E-state index is 14.2. The summed E-state index contributed by atoms with van der Waals surface area (Å²) in [6.45, 7) is 0.367. The Morgan fingerprint density at radius 2 is 1.96 bits per heavy atom. The Morgan fingerprint density at radius 1 is 1.20 bits per heavy atom. The van der Waals surface area contributed by atoms with Crippen LogP contribution in [0.25, 0.3) is 0 Å². The molecular weight excluding hydrogens is 347 g/mol. The van der Waals surface area contributed by atoms with E-state index in [0.29, 0.717) is 18.7 Å². The second-order valence-corrected chi connectivity index (χ2v) is 5.58. The van der Waals surface area contributed by atoms with E-state index in [1.165, 1.54) is 12.1 Å². The zero-order chi connectivity index (χ0) is 16.9. The molecule has 1 heterocycles. The highest BCUT2D eigenvalue weighted by molar-refractivity contribution is 5.95. The number of halogens is 2. The molecule has 25 heavy (non-hydrogen) atoms. The van der Waals surface area contributed by atoms with Crippen LogP contribution in [0.4, 0.5) is 10.1 Å². The number of nitrogens with one attached hydrogen (secondary N) is 1. The molecule has 1 aliphatic rings. The molecule has 1 aliphatic heterocycles. The number of anilines is 1. The molecule has 2 aromatic carbocycles. The third-order valence-electron chi connectivity index (χ3n) is 3.86. The van der Waals surface area contributed by atoms with Gasteiger partial charge < -0.3 is 20.5 Å². The van der Waals surface area contributed by atoms with E-state index >= 15 is 0 Å². The molecule has 7 heteroatoms. The van der Waals surface area contributed by atoms with Crippen molar-refractivity contribution in [2.45, 2.75) is 25.0 Å². The molecule has 2 atom stereocenters. The van der Waals surface area contributed by atoms with Gasteiger partial charge in [0.2, 0.25) is 0 Å². The number of carbonyl (C=O) groups is 1. The van der Waals surface area contributed by atoms with E-state index in [0.717, 1.165) is 6.42 Å². The highest BCUT2D eigenvalue weighted by Gasteiger charge is 2.30. The molecule has 0 aromatic heterocycles. The number of nitrogens with two attached hydrogens (primary N) is 1. The SMILES string of the molecule is Cl.NC[C@H]1CC[C@@H](C(=O)Nc2c(F)cccc2Oc2ccccc2)O1. The summed E-state index contributed by atoms with van der Waals surface area (Å²) in [5.74, 6) is -0.166. The first-order chi connectivity index (χ1) is 11.7. The molecule has 134 valence electrons. The van der Waals surface area contributed by atoms with E-state index in [1.807, 2.05) is 18.2 Å². The second-order valence-electron chi connectivity index (χ2n) is 5.58. The van der Waals surface area contributed by atoms with Gasteiger partial charge in [0.15, 0.2) is 11.6 Å². The largest absolute Gasteiger partial charge is 0.455 e. The summed E-state index contributed by atoms with van der Waals surface area (Å²) in [5, 5.41) is 2.58. The number of benzene rings is 2. The highest BCUT2D eigenvalue weighted by atomic mass is 35.5. The van der Waals surface area contributed by atoms with Crippen molar-refractivity contribution in [1.82, 2.24) is 0 Å². The Kier molecular flexibility index (Phi) is 6.75. The molecule has 0 bridgehead atoms. The first kappa shape index (κ1) is 19.2. The lowest BCUT2D eigenvalue weighted by molar-refractivity contribution is -0.126. The molecule has 3 rings (SSSR count). The number of rotatable bonds is 5. The van der Waals surface area contributed by atoms with E-state index in [4.69, 9.17) is 15.2 Å². The summed E-state index contributed by atoms with van der Waals surface area (Å²) in [7, 11) is 0. The third kappa shape index (κ3) is 4.69. The van der Waals surface area contributed by atoms with Crippen LogP contribution < -0.4 is 15.8 Å². The highest BCUT2D eigenvalue weighted by Crippen LogP contribution is 2.32. The van der Waals surface area contributed by atoms with E-state index in [9.17, 15) is 9.18 Å².